The zero-order valence-electron chi connectivity index (χ0n) is 23.1. The predicted octanol–water partition coefficient (Wildman–Crippen LogP) is 7.19. The van der Waals surface area contributed by atoms with Crippen LogP contribution in [0.25, 0.3) is 22.5 Å². The van der Waals surface area contributed by atoms with Gasteiger partial charge in [-0.3, -0.25) is 30.0 Å². The van der Waals surface area contributed by atoms with Crippen LogP contribution in [0.2, 0.25) is 0 Å². The molecule has 0 atom stereocenters. The van der Waals surface area contributed by atoms with Gasteiger partial charge in [-0.1, -0.05) is 99.9 Å². The van der Waals surface area contributed by atoms with E-state index in [1.165, 1.54) is 0 Å². The Hall–Kier alpha value is -4.82. The van der Waals surface area contributed by atoms with E-state index in [2.05, 4.69) is 36.3 Å². The number of benzene rings is 4. The molecule has 0 aliphatic rings. The molecule has 2 heterocycles. The first-order valence-corrected chi connectivity index (χ1v) is 14.4. The molecule has 0 amide bonds. The summed E-state index contributed by atoms with van der Waals surface area (Å²) >= 11 is 3.46. The van der Waals surface area contributed by atoms with E-state index >= 15 is 0 Å². The number of rotatable bonds is 8. The average molecular weight is 622 g/mol. The molecular weight excluding hydrogens is 592 g/mol. The first-order valence-electron chi connectivity index (χ1n) is 13.6. The van der Waals surface area contributed by atoms with E-state index in [9.17, 15) is 9.59 Å². The van der Waals surface area contributed by atoms with E-state index in [-0.39, 0.29) is 11.1 Å². The lowest BCUT2D eigenvalue weighted by Gasteiger charge is -2.18. The Morgan fingerprint density at radius 2 is 1.10 bits per heavy atom. The molecule has 0 radical (unpaired) electrons. The molecule has 0 aliphatic carbocycles. The molecule has 210 valence electrons. The van der Waals surface area contributed by atoms with Gasteiger partial charge in [-0.2, -0.15) is 0 Å². The van der Waals surface area contributed by atoms with Crippen LogP contribution in [0.3, 0.4) is 0 Å². The number of hydrogen-bond acceptors (Lipinski definition) is 3. The zero-order valence-corrected chi connectivity index (χ0v) is 24.7. The van der Waals surface area contributed by atoms with Gasteiger partial charge in [0.15, 0.2) is 0 Å². The monoisotopic (exact) mass is 620 g/mol. The quantitative estimate of drug-likeness (QED) is 0.145. The molecule has 0 spiro atoms. The Morgan fingerprint density at radius 3 is 1.57 bits per heavy atom. The topological polar surface area (TPSA) is 107 Å². The molecule has 0 saturated carbocycles. The van der Waals surface area contributed by atoms with Crippen LogP contribution in [0.1, 0.15) is 39.3 Å². The summed E-state index contributed by atoms with van der Waals surface area (Å²) in [6.45, 7) is 4.45. The molecule has 7 nitrogen and oxygen atoms in total. The number of hydrogen-bond donors (Lipinski definition) is 4. The second-order valence-corrected chi connectivity index (χ2v) is 11.3. The highest BCUT2D eigenvalue weighted by molar-refractivity contribution is 9.10. The number of halogens is 1. The number of aromatic amines is 4. The van der Waals surface area contributed by atoms with Crippen molar-refractivity contribution in [3.8, 4) is 28.3 Å². The summed E-state index contributed by atoms with van der Waals surface area (Å²) in [5.74, 6) is 0.00650. The normalized spacial score (nSPS) is 11.2. The van der Waals surface area contributed by atoms with Crippen LogP contribution in [0, 0.1) is 13.8 Å². The van der Waals surface area contributed by atoms with Crippen LogP contribution < -0.4 is 15.9 Å². The lowest BCUT2D eigenvalue weighted by atomic mass is 9.83. The summed E-state index contributed by atoms with van der Waals surface area (Å²) in [4.78, 5) is 27.0. The molecule has 42 heavy (non-hydrogen) atoms. The number of nitrogens with one attached hydrogen (secondary N) is 4. The van der Waals surface area contributed by atoms with E-state index < -0.39 is 5.92 Å². The van der Waals surface area contributed by atoms with Gasteiger partial charge in [0.2, 0.25) is 0 Å². The van der Waals surface area contributed by atoms with Crippen molar-refractivity contribution in [2.45, 2.75) is 26.4 Å². The van der Waals surface area contributed by atoms with Crippen molar-refractivity contribution in [1.82, 2.24) is 20.4 Å². The Bertz CT molecular complexity index is 1830. The zero-order chi connectivity index (χ0) is 29.2. The average Bonchev–Trinajstić information content (AvgIpc) is 3.57. The van der Waals surface area contributed by atoms with Gasteiger partial charge in [0.1, 0.15) is 12.4 Å². The van der Waals surface area contributed by atoms with Crippen molar-refractivity contribution in [2.75, 3.05) is 0 Å². The maximum atomic E-state index is 13.5. The summed E-state index contributed by atoms with van der Waals surface area (Å²) < 4.78 is 7.05. The van der Waals surface area contributed by atoms with Crippen molar-refractivity contribution in [3.63, 3.8) is 0 Å². The van der Waals surface area contributed by atoms with Gasteiger partial charge in [-0.25, -0.2) is 0 Å². The third kappa shape index (κ3) is 5.53. The Morgan fingerprint density at radius 1 is 0.619 bits per heavy atom. The molecule has 0 aliphatic heterocycles. The van der Waals surface area contributed by atoms with Crippen LogP contribution >= 0.6 is 15.9 Å². The minimum absolute atomic E-state index is 0.290. The predicted molar refractivity (Wildman–Crippen MR) is 169 cm³/mol. The summed E-state index contributed by atoms with van der Waals surface area (Å²) in [6.07, 6.45) is 0. The lowest BCUT2D eigenvalue weighted by molar-refractivity contribution is 0.306. The summed E-state index contributed by atoms with van der Waals surface area (Å²) in [7, 11) is 0. The maximum absolute atomic E-state index is 13.5. The number of H-pyrrole nitrogens is 4. The molecule has 2 aromatic heterocycles. The van der Waals surface area contributed by atoms with Crippen molar-refractivity contribution in [3.05, 3.63) is 156 Å². The van der Waals surface area contributed by atoms with Gasteiger partial charge in [-0.15, -0.1) is 0 Å². The van der Waals surface area contributed by atoms with Crippen molar-refractivity contribution >= 4 is 15.9 Å². The SMILES string of the molecule is Cc1ccc(-c2[nH][nH]c(=O)c2C(c2ccc(OCc3ccc(Br)cc3)cc2)c2c(-c3ccc(C)cc3)[nH][nH]c2=O)cc1. The van der Waals surface area contributed by atoms with Crippen molar-refractivity contribution in [2.24, 2.45) is 0 Å². The largest absolute Gasteiger partial charge is 0.489 e. The van der Waals surface area contributed by atoms with Gasteiger partial charge >= 0.3 is 0 Å². The number of aromatic nitrogens is 4. The first-order chi connectivity index (χ1) is 20.4. The molecule has 6 aromatic rings. The summed E-state index contributed by atoms with van der Waals surface area (Å²) in [6, 6.07) is 31.4. The second kappa shape index (κ2) is 11.6. The van der Waals surface area contributed by atoms with Crippen LogP contribution in [0.4, 0.5) is 0 Å². The molecule has 0 unspecified atom stereocenters. The van der Waals surface area contributed by atoms with E-state index in [1.807, 2.05) is 111 Å². The number of ether oxygens (including phenoxy) is 1. The molecule has 8 heteroatoms. The first kappa shape index (κ1) is 27.4. The highest BCUT2D eigenvalue weighted by atomic mass is 79.9. The van der Waals surface area contributed by atoms with Gasteiger partial charge in [0, 0.05) is 10.4 Å². The fraction of sp³-hybridized carbons (Fsp3) is 0.118. The van der Waals surface area contributed by atoms with Gasteiger partial charge < -0.3 is 4.74 Å². The summed E-state index contributed by atoms with van der Waals surface area (Å²) in [5.41, 5.74) is 7.34. The molecule has 4 N–H and O–H groups in total. The van der Waals surface area contributed by atoms with Crippen LogP contribution in [0.5, 0.6) is 5.75 Å². The second-order valence-electron chi connectivity index (χ2n) is 10.4. The Balaban J connectivity index is 1.46. The lowest BCUT2D eigenvalue weighted by Crippen LogP contribution is -2.20. The van der Waals surface area contributed by atoms with Crippen LogP contribution in [-0.2, 0) is 6.61 Å². The van der Waals surface area contributed by atoms with E-state index in [0.717, 1.165) is 37.9 Å². The highest BCUT2D eigenvalue weighted by Crippen LogP contribution is 2.38. The fourth-order valence-electron chi connectivity index (χ4n) is 5.16. The van der Waals surface area contributed by atoms with Gasteiger partial charge in [-0.05, 0) is 60.4 Å². The molecule has 0 saturated heterocycles. The van der Waals surface area contributed by atoms with E-state index in [1.54, 1.807) is 0 Å². The maximum Gasteiger partial charge on any atom is 0.268 e. The Kier molecular flexibility index (Phi) is 7.54. The molecule has 0 bridgehead atoms. The van der Waals surface area contributed by atoms with Crippen LogP contribution in [0.15, 0.2) is 111 Å². The van der Waals surface area contributed by atoms with E-state index in [0.29, 0.717) is 34.9 Å². The fourth-order valence-corrected chi connectivity index (χ4v) is 5.43. The highest BCUT2D eigenvalue weighted by Gasteiger charge is 2.31. The van der Waals surface area contributed by atoms with Gasteiger partial charge in [0.25, 0.3) is 11.1 Å². The minimum Gasteiger partial charge on any atom is -0.489 e. The molecule has 6 rings (SSSR count). The molecular formula is C34H29BrN4O3. The van der Waals surface area contributed by atoms with Crippen LogP contribution in [-0.4, -0.2) is 20.4 Å². The Labute approximate surface area is 250 Å². The molecule has 0 fully saturated rings. The van der Waals surface area contributed by atoms with Crippen molar-refractivity contribution in [1.29, 1.82) is 0 Å². The molecule has 4 aromatic carbocycles. The minimum atomic E-state index is -0.678. The standard InChI is InChI=1S/C34H29BrN4O3/c1-20-3-9-24(10-4-20)31-29(33(40)38-36-31)28(30-32(37-39-34(30)41)25-11-5-21(2)6-12-25)23-13-17-27(18-14-23)42-19-22-7-15-26(35)16-8-22/h3-18,28H,19H2,1-2H3,(H2,36,38,40)(H2,37,39,41). The third-order valence-electron chi connectivity index (χ3n) is 7.42. The number of aryl methyl sites for hydroxylation is 2. The summed E-state index contributed by atoms with van der Waals surface area (Å²) in [5, 5.41) is 11.7. The van der Waals surface area contributed by atoms with E-state index in [4.69, 9.17) is 4.74 Å². The van der Waals surface area contributed by atoms with Crippen molar-refractivity contribution < 1.29 is 4.74 Å². The smallest absolute Gasteiger partial charge is 0.268 e. The third-order valence-corrected chi connectivity index (χ3v) is 7.95. The van der Waals surface area contributed by atoms with Gasteiger partial charge in [0.05, 0.1) is 22.5 Å².